The number of rotatable bonds is 0. The van der Waals surface area contributed by atoms with E-state index in [1.54, 1.807) is 0 Å². The summed E-state index contributed by atoms with van der Waals surface area (Å²) in [6.45, 7) is 9.69. The van der Waals surface area contributed by atoms with Crippen LogP contribution >= 0.6 is 0 Å². The van der Waals surface area contributed by atoms with Crippen molar-refractivity contribution in [2.75, 3.05) is 19.7 Å². The Bertz CT molecular complexity index is 123. The molecular formula is C9H19NO. The van der Waals surface area contributed by atoms with Crippen LogP contribution in [0.1, 0.15) is 27.2 Å². The Morgan fingerprint density at radius 2 is 2.18 bits per heavy atom. The maximum atomic E-state index is 5.56. The van der Waals surface area contributed by atoms with Crippen molar-refractivity contribution in [3.63, 3.8) is 0 Å². The fourth-order valence-electron chi connectivity index (χ4n) is 1.67. The molecule has 11 heavy (non-hydrogen) atoms. The van der Waals surface area contributed by atoms with Crippen molar-refractivity contribution >= 4 is 0 Å². The zero-order chi connectivity index (χ0) is 8.32. The largest absolute Gasteiger partial charge is 0.377 e. The van der Waals surface area contributed by atoms with E-state index < -0.39 is 0 Å². The van der Waals surface area contributed by atoms with Crippen LogP contribution in [0.3, 0.4) is 0 Å². The van der Waals surface area contributed by atoms with Crippen molar-refractivity contribution in [3.8, 4) is 0 Å². The van der Waals surface area contributed by atoms with Crippen molar-refractivity contribution in [2.45, 2.75) is 33.3 Å². The Morgan fingerprint density at radius 1 is 1.45 bits per heavy atom. The van der Waals surface area contributed by atoms with Gasteiger partial charge in [-0.3, -0.25) is 0 Å². The molecule has 1 N–H and O–H groups in total. The van der Waals surface area contributed by atoms with Gasteiger partial charge in [0.25, 0.3) is 0 Å². The summed E-state index contributed by atoms with van der Waals surface area (Å²) in [6, 6.07) is 0. The van der Waals surface area contributed by atoms with E-state index in [0.29, 0.717) is 11.5 Å². The minimum absolute atomic E-state index is 0.389. The van der Waals surface area contributed by atoms with E-state index in [-0.39, 0.29) is 0 Å². The number of nitrogens with one attached hydrogen (secondary N) is 1. The second-order valence-electron chi connectivity index (χ2n) is 4.23. The van der Waals surface area contributed by atoms with Crippen molar-refractivity contribution in [1.29, 1.82) is 0 Å². The summed E-state index contributed by atoms with van der Waals surface area (Å²) in [7, 11) is 0. The van der Waals surface area contributed by atoms with E-state index >= 15 is 0 Å². The van der Waals surface area contributed by atoms with Gasteiger partial charge in [-0.15, -0.1) is 0 Å². The summed E-state index contributed by atoms with van der Waals surface area (Å²) in [5.74, 6) is 0. The molecule has 1 atom stereocenters. The van der Waals surface area contributed by atoms with Crippen LogP contribution in [0.4, 0.5) is 0 Å². The van der Waals surface area contributed by atoms with Crippen LogP contribution in [-0.2, 0) is 4.74 Å². The van der Waals surface area contributed by atoms with Gasteiger partial charge in [-0.2, -0.15) is 0 Å². The predicted octanol–water partition coefficient (Wildman–Crippen LogP) is 1.41. The molecule has 0 bridgehead atoms. The van der Waals surface area contributed by atoms with Crippen LogP contribution in [0.5, 0.6) is 0 Å². The molecule has 66 valence electrons. The highest BCUT2D eigenvalue weighted by Gasteiger charge is 2.22. The average molecular weight is 157 g/mol. The summed E-state index contributed by atoms with van der Waals surface area (Å²) in [4.78, 5) is 0. The smallest absolute Gasteiger partial charge is 0.0594 e. The zero-order valence-corrected chi connectivity index (χ0v) is 7.81. The molecule has 1 fully saturated rings. The van der Waals surface area contributed by atoms with Crippen molar-refractivity contribution in [2.24, 2.45) is 5.41 Å². The molecule has 1 saturated heterocycles. The number of ether oxygens (including phenoxy) is 1. The van der Waals surface area contributed by atoms with Crippen molar-refractivity contribution < 1.29 is 4.74 Å². The lowest BCUT2D eigenvalue weighted by Crippen LogP contribution is -2.37. The molecule has 0 aliphatic carbocycles. The van der Waals surface area contributed by atoms with Crippen LogP contribution in [0.15, 0.2) is 0 Å². The monoisotopic (exact) mass is 157 g/mol. The third-order valence-corrected chi connectivity index (χ3v) is 2.12. The molecule has 0 aromatic carbocycles. The molecule has 2 nitrogen and oxygen atoms in total. The second-order valence-corrected chi connectivity index (χ2v) is 4.23. The van der Waals surface area contributed by atoms with Gasteiger partial charge >= 0.3 is 0 Å². The van der Waals surface area contributed by atoms with Gasteiger partial charge in [-0.05, 0) is 18.8 Å². The normalized spacial score (nSPS) is 32.5. The first-order valence-electron chi connectivity index (χ1n) is 4.42. The van der Waals surface area contributed by atoms with Gasteiger partial charge in [0.05, 0.1) is 12.7 Å². The van der Waals surface area contributed by atoms with Crippen molar-refractivity contribution in [1.82, 2.24) is 5.32 Å². The summed E-state index contributed by atoms with van der Waals surface area (Å²) in [6.07, 6.45) is 1.58. The van der Waals surface area contributed by atoms with E-state index in [9.17, 15) is 0 Å². The number of hydrogen-bond donors (Lipinski definition) is 1. The summed E-state index contributed by atoms with van der Waals surface area (Å²) in [5.41, 5.74) is 0.389. The van der Waals surface area contributed by atoms with E-state index in [1.807, 2.05) is 0 Å². The molecule has 0 aromatic rings. The fourth-order valence-corrected chi connectivity index (χ4v) is 1.67. The van der Waals surface area contributed by atoms with Crippen LogP contribution in [0.25, 0.3) is 0 Å². The Morgan fingerprint density at radius 3 is 2.91 bits per heavy atom. The Labute approximate surface area is 69.3 Å². The first-order chi connectivity index (χ1) is 5.10. The molecule has 0 radical (unpaired) electrons. The van der Waals surface area contributed by atoms with Gasteiger partial charge in [-0.1, -0.05) is 13.8 Å². The molecule has 1 rings (SSSR count). The lowest BCUT2D eigenvalue weighted by Gasteiger charge is -2.31. The molecule has 0 aromatic heterocycles. The maximum absolute atomic E-state index is 5.56. The molecule has 1 aliphatic rings. The minimum Gasteiger partial charge on any atom is -0.377 e. The Hall–Kier alpha value is -0.0800. The van der Waals surface area contributed by atoms with E-state index in [0.717, 1.165) is 26.1 Å². The van der Waals surface area contributed by atoms with Gasteiger partial charge in [0, 0.05) is 13.1 Å². The van der Waals surface area contributed by atoms with Gasteiger partial charge in [-0.25, -0.2) is 0 Å². The third kappa shape index (κ3) is 3.21. The fraction of sp³-hybridized carbons (Fsp3) is 1.00. The molecule has 1 aliphatic heterocycles. The van der Waals surface area contributed by atoms with Crippen LogP contribution < -0.4 is 5.32 Å². The zero-order valence-electron chi connectivity index (χ0n) is 7.81. The van der Waals surface area contributed by atoms with Crippen LogP contribution in [0, 0.1) is 5.41 Å². The van der Waals surface area contributed by atoms with Crippen LogP contribution in [-0.4, -0.2) is 25.8 Å². The van der Waals surface area contributed by atoms with Gasteiger partial charge < -0.3 is 10.1 Å². The Balaban J connectivity index is 2.42. The molecule has 0 spiro atoms. The quantitative estimate of drug-likeness (QED) is 0.574. The Kier molecular flexibility index (Phi) is 2.90. The topological polar surface area (TPSA) is 21.3 Å². The summed E-state index contributed by atoms with van der Waals surface area (Å²) in [5, 5.41) is 3.37. The van der Waals surface area contributed by atoms with E-state index in [4.69, 9.17) is 4.74 Å². The lowest BCUT2D eigenvalue weighted by atomic mass is 9.86. The van der Waals surface area contributed by atoms with E-state index in [1.165, 1.54) is 0 Å². The lowest BCUT2D eigenvalue weighted by molar-refractivity contribution is 0.0224. The average Bonchev–Trinajstić information content (AvgIpc) is 1.82. The minimum atomic E-state index is 0.389. The summed E-state index contributed by atoms with van der Waals surface area (Å²) < 4.78 is 5.56. The second kappa shape index (κ2) is 3.55. The molecular weight excluding hydrogens is 138 g/mol. The standard InChI is InChI=1S/C9H19NO/c1-8-6-9(2,3)7-10-4-5-11-8/h8,10H,4-7H2,1-3H3. The van der Waals surface area contributed by atoms with Gasteiger partial charge in [0.15, 0.2) is 0 Å². The molecule has 0 saturated carbocycles. The third-order valence-electron chi connectivity index (χ3n) is 2.12. The molecule has 1 heterocycles. The molecule has 2 heteroatoms. The van der Waals surface area contributed by atoms with Gasteiger partial charge in [0.1, 0.15) is 0 Å². The number of hydrogen-bond acceptors (Lipinski definition) is 2. The molecule has 1 unspecified atom stereocenters. The SMILES string of the molecule is CC1CC(C)(C)CNCCO1. The highest BCUT2D eigenvalue weighted by Crippen LogP contribution is 2.23. The highest BCUT2D eigenvalue weighted by atomic mass is 16.5. The van der Waals surface area contributed by atoms with Crippen molar-refractivity contribution in [3.05, 3.63) is 0 Å². The maximum Gasteiger partial charge on any atom is 0.0594 e. The first-order valence-corrected chi connectivity index (χ1v) is 4.42. The molecule has 0 amide bonds. The summed E-state index contributed by atoms with van der Waals surface area (Å²) >= 11 is 0. The van der Waals surface area contributed by atoms with E-state index in [2.05, 4.69) is 26.1 Å². The van der Waals surface area contributed by atoms with Crippen LogP contribution in [0.2, 0.25) is 0 Å². The first kappa shape index (κ1) is 9.01. The van der Waals surface area contributed by atoms with Gasteiger partial charge in [0.2, 0.25) is 0 Å². The predicted molar refractivity (Wildman–Crippen MR) is 46.7 cm³/mol. The highest BCUT2D eigenvalue weighted by molar-refractivity contribution is 4.76.